The summed E-state index contributed by atoms with van der Waals surface area (Å²) in [5.74, 6) is -3.54. The van der Waals surface area contributed by atoms with Gasteiger partial charge in [-0.15, -0.1) is 12.6 Å². The Balaban J connectivity index is 0.000000515. The maximum atomic E-state index is 11.6. The average molecular weight is 975 g/mol. The second kappa shape index (κ2) is 26.5. The molecule has 0 saturated heterocycles. The first-order valence-electron chi connectivity index (χ1n) is 19.1. The Hall–Kier alpha value is -4.41. The van der Waals surface area contributed by atoms with Crippen LogP contribution in [0.4, 0.5) is 0 Å². The van der Waals surface area contributed by atoms with Crippen LogP contribution in [0, 0.1) is 0 Å². The van der Waals surface area contributed by atoms with Crippen LogP contribution in [0.5, 0.6) is 0 Å². The molecule has 4 aromatic rings. The van der Waals surface area contributed by atoms with E-state index in [0.717, 1.165) is 21.8 Å². The van der Waals surface area contributed by atoms with Crippen molar-refractivity contribution in [3.63, 3.8) is 0 Å². The first-order valence-corrected chi connectivity index (χ1v) is 22.5. The van der Waals surface area contributed by atoms with Gasteiger partial charge in [0, 0.05) is 60.8 Å². The number of carboxylic acid groups (broad SMARTS) is 4. The summed E-state index contributed by atoms with van der Waals surface area (Å²) in [5, 5.41) is 40.2. The van der Waals surface area contributed by atoms with Crippen LogP contribution in [0.3, 0.4) is 0 Å². The van der Waals surface area contributed by atoms with Crippen LogP contribution in [0.2, 0.25) is 0 Å². The van der Waals surface area contributed by atoms with E-state index >= 15 is 0 Å². The molecule has 0 amide bonds. The normalized spacial score (nSPS) is 13.1. The number of thiol groups is 1. The van der Waals surface area contributed by atoms with Gasteiger partial charge in [0.1, 0.15) is 39.2 Å². The van der Waals surface area contributed by atoms with Crippen LogP contribution < -0.4 is 0 Å². The number of aryl methyl sites for hydroxylation is 4. The number of carbonyl (C=O) groups is 5. The molecular weight excluding hydrogens is 913 g/mol. The molecule has 0 aliphatic rings. The van der Waals surface area contributed by atoms with E-state index in [9.17, 15) is 34.2 Å². The fourth-order valence-electron chi connectivity index (χ4n) is 5.69. The lowest BCUT2D eigenvalue weighted by Gasteiger charge is -2.20. The molecule has 0 aliphatic heterocycles. The van der Waals surface area contributed by atoms with E-state index in [1.54, 1.807) is 117 Å². The Kier molecular flexibility index (Phi) is 23.9. The van der Waals surface area contributed by atoms with Gasteiger partial charge in [0.15, 0.2) is 5.12 Å². The number of hydrogen-bond acceptors (Lipinski definition) is 17. The molecule has 6 N–H and O–H groups in total. The minimum absolute atomic E-state index is 0. The third kappa shape index (κ3) is 16.9. The fraction of sp³-hybridized carbons (Fsp3) is 0.553. The van der Waals surface area contributed by atoms with Crippen LogP contribution in [0.15, 0.2) is 45.4 Å². The van der Waals surface area contributed by atoms with E-state index in [4.69, 9.17) is 10.2 Å². The van der Waals surface area contributed by atoms with Crippen LogP contribution in [-0.2, 0) is 77.8 Å². The van der Waals surface area contributed by atoms with Gasteiger partial charge in [-0.3, -0.25) is 43.6 Å². The molecule has 0 radical (unpaired) electrons. The Morgan fingerprint density at radius 3 is 1.02 bits per heavy atom. The third-order valence-corrected chi connectivity index (χ3v) is 13.7. The fourth-order valence-corrected chi connectivity index (χ4v) is 9.32. The molecule has 0 bridgehead atoms. The highest BCUT2D eigenvalue weighted by Crippen LogP contribution is 2.40. The largest absolute Gasteiger partial charge is 0.480 e. The Morgan fingerprint density at radius 2 is 0.766 bits per heavy atom. The van der Waals surface area contributed by atoms with Crippen LogP contribution in [-0.4, -0.2) is 193 Å². The number of aliphatic carboxylic acids is 4. The summed E-state index contributed by atoms with van der Waals surface area (Å²) in [6, 6.07) is -2.56. The molecule has 4 rings (SSSR count). The van der Waals surface area contributed by atoms with Crippen molar-refractivity contribution in [1.29, 1.82) is 0 Å². The van der Waals surface area contributed by atoms with Crippen molar-refractivity contribution in [3.8, 4) is 0 Å². The molecule has 0 saturated carbocycles. The van der Waals surface area contributed by atoms with Gasteiger partial charge in [0.25, 0.3) is 0 Å². The first-order chi connectivity index (χ1) is 29.3. The smallest absolute Gasteiger partial charge is 0.321 e. The maximum absolute atomic E-state index is 11.6. The lowest BCUT2D eigenvalue weighted by Crippen LogP contribution is -2.37. The van der Waals surface area contributed by atoms with E-state index in [1.807, 2.05) is 30.3 Å². The maximum Gasteiger partial charge on any atom is 0.321 e. The zero-order valence-corrected chi connectivity index (χ0v) is 41.7. The third-order valence-electron chi connectivity index (χ3n) is 9.46. The summed E-state index contributed by atoms with van der Waals surface area (Å²) in [5.41, 5.74) is 2.76. The Labute approximate surface area is 390 Å². The molecule has 4 atom stereocenters. The summed E-state index contributed by atoms with van der Waals surface area (Å²) in [7, 11) is 24.1. The van der Waals surface area contributed by atoms with Gasteiger partial charge in [-0.05, 0) is 89.7 Å². The minimum atomic E-state index is -0.899. The molecule has 4 aromatic heterocycles. The SMILES string of the molecule is CC(=O)Sc1c(C[C@@H](C(=O)O)N(C)C)ncn1C.CN(C)[C@@H](Cc1ncn(C)c1S)C(=O)O.CN(C)[C@@H](Cc1ncn(C)c1SSc1c(C[C@@H](C(=O)O)N(C)C)ncn1C)C(=O)O.O. The van der Waals surface area contributed by atoms with Crippen LogP contribution in [0.25, 0.3) is 0 Å². The van der Waals surface area contributed by atoms with E-state index in [2.05, 4.69) is 32.6 Å². The molecule has 0 aliphatic carbocycles. The van der Waals surface area contributed by atoms with Gasteiger partial charge in [0.2, 0.25) is 0 Å². The lowest BCUT2D eigenvalue weighted by molar-refractivity contribution is -0.143. The average Bonchev–Trinajstić information content (AvgIpc) is 3.91. The molecule has 22 nitrogen and oxygen atoms in total. The monoisotopic (exact) mass is 974 g/mol. The Bertz CT molecular complexity index is 2100. The quantitative estimate of drug-likeness (QED) is 0.0471. The van der Waals surface area contributed by atoms with E-state index < -0.39 is 48.0 Å². The number of nitrogens with zero attached hydrogens (tertiary/aromatic N) is 12. The van der Waals surface area contributed by atoms with Gasteiger partial charge >= 0.3 is 23.9 Å². The van der Waals surface area contributed by atoms with Gasteiger partial charge in [-0.2, -0.15) is 0 Å². The van der Waals surface area contributed by atoms with Crippen molar-refractivity contribution >= 4 is 75.0 Å². The predicted molar refractivity (Wildman–Crippen MR) is 247 cm³/mol. The van der Waals surface area contributed by atoms with Crippen LogP contribution >= 0.6 is 46.0 Å². The number of likely N-dealkylation sites (N-methyl/N-ethyl adjacent to an activating group) is 4. The minimum Gasteiger partial charge on any atom is -0.480 e. The number of hydrogen-bond donors (Lipinski definition) is 5. The summed E-state index contributed by atoms with van der Waals surface area (Å²) in [6.07, 6.45) is 7.77. The predicted octanol–water partition coefficient (Wildman–Crippen LogP) is 1.13. The number of thioether (sulfide) groups is 1. The zero-order chi connectivity index (χ0) is 48.0. The van der Waals surface area contributed by atoms with E-state index in [-0.39, 0.29) is 29.9 Å². The number of rotatable bonds is 20. The Morgan fingerprint density at radius 1 is 0.516 bits per heavy atom. The highest BCUT2D eigenvalue weighted by molar-refractivity contribution is 8.76. The summed E-state index contributed by atoms with van der Waals surface area (Å²) >= 11 is 5.34. The number of carbonyl (C=O) groups excluding carboxylic acids is 1. The van der Waals surface area contributed by atoms with Gasteiger partial charge in [-0.25, -0.2) is 19.9 Å². The van der Waals surface area contributed by atoms with Crippen molar-refractivity contribution in [2.45, 2.75) is 76.9 Å². The highest BCUT2D eigenvalue weighted by atomic mass is 33.1. The summed E-state index contributed by atoms with van der Waals surface area (Å²) < 4.78 is 7.21. The molecule has 0 aromatic carbocycles. The molecule has 358 valence electrons. The summed E-state index contributed by atoms with van der Waals surface area (Å²) in [4.78, 5) is 80.0. The molecule has 0 unspecified atom stereocenters. The summed E-state index contributed by atoms with van der Waals surface area (Å²) in [6.45, 7) is 1.47. The van der Waals surface area contributed by atoms with Crippen molar-refractivity contribution in [3.05, 3.63) is 48.1 Å². The zero-order valence-electron chi connectivity index (χ0n) is 38.3. The van der Waals surface area contributed by atoms with E-state index in [0.29, 0.717) is 39.2 Å². The highest BCUT2D eigenvalue weighted by Gasteiger charge is 2.28. The van der Waals surface area contributed by atoms with Gasteiger partial charge in [0.05, 0.1) is 53.1 Å². The molecule has 26 heteroatoms. The van der Waals surface area contributed by atoms with Crippen molar-refractivity contribution in [2.75, 3.05) is 56.4 Å². The number of imidazole rings is 4. The van der Waals surface area contributed by atoms with Gasteiger partial charge in [-0.1, -0.05) is 0 Å². The van der Waals surface area contributed by atoms with Crippen molar-refractivity contribution in [1.82, 2.24) is 57.8 Å². The van der Waals surface area contributed by atoms with Crippen molar-refractivity contribution < 1.29 is 49.9 Å². The molecule has 64 heavy (non-hydrogen) atoms. The van der Waals surface area contributed by atoms with E-state index in [1.165, 1.54) is 28.5 Å². The standard InChI is InChI=1S/C18H28N6O4S2.C11H17N3O3S.C9H15N3O2S.H2O/c1-21(2)13(17(25)26)7-11-15(23(5)9-19-11)29-30-16-12(20-10-24(16)6)8-14(18(27)28)22(3)4;1-7(15)18-10-8(12-6-14(10)4)5-9(11(16)17)13(2)3;1-11(2)7(9(13)14)4-6-8(15)12(3)5-10-6;/h9-10,13-14H,7-8H2,1-6H3,(H,25,26)(H,27,28);6,9H,5H2,1-4H3,(H,16,17);5,7,15H,4H2,1-3H3,(H,13,14);1H2/t13-,14-;9-;7-;/m000./s1. The molecule has 0 spiro atoms. The van der Waals surface area contributed by atoms with Crippen molar-refractivity contribution in [2.24, 2.45) is 28.2 Å². The topological polar surface area (TPSA) is 282 Å². The molecular formula is C38H62N12O10S4. The second-order valence-electron chi connectivity index (χ2n) is 15.3. The van der Waals surface area contributed by atoms with Crippen LogP contribution in [0.1, 0.15) is 29.7 Å². The van der Waals surface area contributed by atoms with Gasteiger partial charge < -0.3 is 44.2 Å². The number of carboxylic acids is 4. The molecule has 4 heterocycles. The first kappa shape index (κ1) is 57.6. The second-order valence-corrected chi connectivity index (χ2v) is 19.0. The molecule has 0 fully saturated rings. The lowest BCUT2D eigenvalue weighted by atomic mass is 10.1. The number of aromatic nitrogens is 8.